The molecule has 1 aliphatic rings. The summed E-state index contributed by atoms with van der Waals surface area (Å²) >= 11 is 0. The van der Waals surface area contributed by atoms with E-state index in [9.17, 15) is 9.59 Å². The van der Waals surface area contributed by atoms with E-state index in [0.29, 0.717) is 41.9 Å². The molecule has 0 spiro atoms. The highest BCUT2D eigenvalue weighted by Crippen LogP contribution is 2.25. The van der Waals surface area contributed by atoms with E-state index in [0.717, 1.165) is 19.5 Å². The van der Waals surface area contributed by atoms with Gasteiger partial charge in [0.15, 0.2) is 0 Å². The van der Waals surface area contributed by atoms with E-state index in [-0.39, 0.29) is 11.5 Å². The molecule has 0 atom stereocenters. The molecule has 0 unspecified atom stereocenters. The van der Waals surface area contributed by atoms with Crippen molar-refractivity contribution in [1.82, 2.24) is 9.47 Å². The van der Waals surface area contributed by atoms with Crippen molar-refractivity contribution in [2.24, 2.45) is 0 Å². The van der Waals surface area contributed by atoms with Crippen LogP contribution in [0.3, 0.4) is 0 Å². The molecule has 0 aliphatic carbocycles. The van der Waals surface area contributed by atoms with Crippen molar-refractivity contribution >= 4 is 22.6 Å². The number of pyridine rings is 1. The number of anilines is 1. The van der Waals surface area contributed by atoms with Gasteiger partial charge in [-0.15, -0.1) is 0 Å². The van der Waals surface area contributed by atoms with E-state index in [1.54, 1.807) is 23.8 Å². The SMILES string of the molecule is CCCn1ccc2oc(C)c(C(=O)N3CCN(c4ccccc4)CC3)c2c1=O. The topological polar surface area (TPSA) is 58.7 Å². The van der Waals surface area contributed by atoms with Crippen LogP contribution in [0.4, 0.5) is 5.69 Å². The number of piperazine rings is 1. The summed E-state index contributed by atoms with van der Waals surface area (Å²) in [6.45, 7) is 7.19. The maximum absolute atomic E-state index is 13.3. The Balaban J connectivity index is 1.60. The molecular weight excluding hydrogens is 354 g/mol. The Morgan fingerprint density at radius 1 is 1.07 bits per heavy atom. The van der Waals surface area contributed by atoms with Crippen molar-refractivity contribution in [3.05, 3.63) is 64.3 Å². The molecule has 6 nitrogen and oxygen atoms in total. The van der Waals surface area contributed by atoms with Gasteiger partial charge in [0.25, 0.3) is 11.5 Å². The van der Waals surface area contributed by atoms with E-state index >= 15 is 0 Å². The second-order valence-corrected chi connectivity index (χ2v) is 7.20. The number of aromatic nitrogens is 1. The Labute approximate surface area is 164 Å². The molecule has 28 heavy (non-hydrogen) atoms. The Morgan fingerprint density at radius 2 is 1.79 bits per heavy atom. The molecule has 0 radical (unpaired) electrons. The van der Waals surface area contributed by atoms with Gasteiger partial charge in [0.05, 0.1) is 10.9 Å². The number of benzene rings is 1. The molecule has 146 valence electrons. The van der Waals surface area contributed by atoms with Crippen LogP contribution in [-0.2, 0) is 6.54 Å². The number of hydrogen-bond donors (Lipinski definition) is 0. The van der Waals surface area contributed by atoms with Crippen molar-refractivity contribution in [1.29, 1.82) is 0 Å². The molecule has 1 amide bonds. The zero-order valence-corrected chi connectivity index (χ0v) is 16.4. The summed E-state index contributed by atoms with van der Waals surface area (Å²) < 4.78 is 7.40. The van der Waals surface area contributed by atoms with Gasteiger partial charge in [-0.1, -0.05) is 25.1 Å². The fraction of sp³-hybridized carbons (Fsp3) is 0.364. The summed E-state index contributed by atoms with van der Waals surface area (Å²) in [7, 11) is 0. The Kier molecular flexibility index (Phi) is 4.94. The highest BCUT2D eigenvalue weighted by Gasteiger charge is 2.28. The normalized spacial score (nSPS) is 14.6. The van der Waals surface area contributed by atoms with E-state index in [2.05, 4.69) is 17.0 Å². The van der Waals surface area contributed by atoms with Gasteiger partial charge in [-0.05, 0) is 31.5 Å². The quantitative estimate of drug-likeness (QED) is 0.698. The molecule has 3 heterocycles. The molecule has 0 N–H and O–H groups in total. The zero-order valence-electron chi connectivity index (χ0n) is 16.4. The molecule has 0 bridgehead atoms. The summed E-state index contributed by atoms with van der Waals surface area (Å²) in [6.07, 6.45) is 2.59. The van der Waals surface area contributed by atoms with E-state index < -0.39 is 0 Å². The fourth-order valence-electron chi connectivity index (χ4n) is 3.90. The lowest BCUT2D eigenvalue weighted by atomic mass is 10.1. The fourth-order valence-corrected chi connectivity index (χ4v) is 3.90. The maximum atomic E-state index is 13.3. The standard InChI is InChI=1S/C22H25N3O3/c1-3-10-24-11-9-18-20(22(24)27)19(16(2)28-18)21(26)25-14-12-23(13-15-25)17-7-5-4-6-8-17/h4-9,11H,3,10,12-15H2,1-2H3. The first kappa shape index (κ1) is 18.3. The maximum Gasteiger partial charge on any atom is 0.262 e. The number of fused-ring (bicyclic) bond motifs is 1. The smallest absolute Gasteiger partial charge is 0.262 e. The third-order valence-corrected chi connectivity index (χ3v) is 5.36. The number of para-hydroxylation sites is 1. The van der Waals surface area contributed by atoms with Gasteiger partial charge in [0.2, 0.25) is 0 Å². The third-order valence-electron chi connectivity index (χ3n) is 5.36. The summed E-state index contributed by atoms with van der Waals surface area (Å²) in [4.78, 5) is 30.3. The average molecular weight is 379 g/mol. The number of nitrogens with zero attached hydrogens (tertiary/aromatic N) is 3. The van der Waals surface area contributed by atoms with Crippen molar-refractivity contribution in [2.45, 2.75) is 26.8 Å². The lowest BCUT2D eigenvalue weighted by molar-refractivity contribution is 0.0746. The number of aryl methyl sites for hydroxylation is 2. The first-order valence-electron chi connectivity index (χ1n) is 9.82. The highest BCUT2D eigenvalue weighted by atomic mass is 16.3. The second-order valence-electron chi connectivity index (χ2n) is 7.20. The monoisotopic (exact) mass is 379 g/mol. The second kappa shape index (κ2) is 7.54. The number of amides is 1. The minimum absolute atomic E-state index is 0.115. The molecule has 6 heteroatoms. The minimum atomic E-state index is -0.150. The van der Waals surface area contributed by atoms with Crippen LogP contribution >= 0.6 is 0 Å². The number of carbonyl (C=O) groups excluding carboxylic acids is 1. The largest absolute Gasteiger partial charge is 0.460 e. The highest BCUT2D eigenvalue weighted by molar-refractivity contribution is 6.07. The van der Waals surface area contributed by atoms with Gasteiger partial charge in [0, 0.05) is 44.6 Å². The van der Waals surface area contributed by atoms with E-state index in [1.807, 2.05) is 30.0 Å². The summed E-state index contributed by atoms with van der Waals surface area (Å²) in [5.41, 5.74) is 1.92. The Bertz CT molecular complexity index is 1040. The lowest BCUT2D eigenvalue weighted by Gasteiger charge is -2.36. The Hall–Kier alpha value is -3.02. The molecule has 1 fully saturated rings. The van der Waals surface area contributed by atoms with Crippen LogP contribution in [0, 0.1) is 6.92 Å². The van der Waals surface area contributed by atoms with E-state index in [1.165, 1.54) is 5.69 Å². The molecule has 1 aliphatic heterocycles. The predicted molar refractivity (Wildman–Crippen MR) is 110 cm³/mol. The van der Waals surface area contributed by atoms with Crippen LogP contribution in [0.5, 0.6) is 0 Å². The van der Waals surface area contributed by atoms with Crippen LogP contribution in [0.15, 0.2) is 51.8 Å². The van der Waals surface area contributed by atoms with Gasteiger partial charge in [-0.2, -0.15) is 0 Å². The van der Waals surface area contributed by atoms with Gasteiger partial charge in [0.1, 0.15) is 11.3 Å². The van der Waals surface area contributed by atoms with Gasteiger partial charge >= 0.3 is 0 Å². The minimum Gasteiger partial charge on any atom is -0.460 e. The number of rotatable bonds is 4. The molecule has 4 rings (SSSR count). The first-order valence-corrected chi connectivity index (χ1v) is 9.82. The van der Waals surface area contributed by atoms with Crippen LogP contribution in [0.25, 0.3) is 11.0 Å². The molecule has 1 aromatic carbocycles. The lowest BCUT2D eigenvalue weighted by Crippen LogP contribution is -2.49. The molecule has 2 aromatic heterocycles. The van der Waals surface area contributed by atoms with Gasteiger partial charge in [-0.25, -0.2) is 0 Å². The number of furan rings is 1. The number of carbonyl (C=O) groups is 1. The van der Waals surface area contributed by atoms with Gasteiger partial charge < -0.3 is 18.8 Å². The molecule has 0 saturated carbocycles. The summed E-state index contributed by atoms with van der Waals surface area (Å²) in [5.74, 6) is 0.396. The van der Waals surface area contributed by atoms with Gasteiger partial charge in [-0.3, -0.25) is 9.59 Å². The first-order chi connectivity index (χ1) is 13.6. The van der Waals surface area contributed by atoms with Crippen molar-refractivity contribution in [3.63, 3.8) is 0 Å². The molecule has 3 aromatic rings. The van der Waals surface area contributed by atoms with Crippen molar-refractivity contribution in [2.75, 3.05) is 31.1 Å². The molecule has 1 saturated heterocycles. The third kappa shape index (κ3) is 3.19. The average Bonchev–Trinajstić information content (AvgIpc) is 3.07. The predicted octanol–water partition coefficient (Wildman–Crippen LogP) is 3.28. The van der Waals surface area contributed by atoms with Crippen LogP contribution in [-0.4, -0.2) is 41.6 Å². The van der Waals surface area contributed by atoms with Crippen molar-refractivity contribution in [3.8, 4) is 0 Å². The van der Waals surface area contributed by atoms with Crippen LogP contribution in [0.2, 0.25) is 0 Å². The molecular formula is C22H25N3O3. The summed E-state index contributed by atoms with van der Waals surface area (Å²) in [5, 5.41) is 0.406. The zero-order chi connectivity index (χ0) is 19.7. The van der Waals surface area contributed by atoms with Crippen LogP contribution in [0.1, 0.15) is 29.5 Å². The Morgan fingerprint density at radius 3 is 2.46 bits per heavy atom. The summed E-state index contributed by atoms with van der Waals surface area (Å²) in [6, 6.07) is 12.0. The van der Waals surface area contributed by atoms with Crippen molar-refractivity contribution < 1.29 is 9.21 Å². The number of hydrogen-bond acceptors (Lipinski definition) is 4. The van der Waals surface area contributed by atoms with Crippen LogP contribution < -0.4 is 10.5 Å². The van der Waals surface area contributed by atoms with E-state index in [4.69, 9.17) is 4.42 Å².